The van der Waals surface area contributed by atoms with E-state index >= 15 is 0 Å². The van der Waals surface area contributed by atoms with E-state index in [4.69, 9.17) is 6.42 Å². The molecule has 1 rings (SSSR count). The van der Waals surface area contributed by atoms with E-state index in [2.05, 4.69) is 58.8 Å². The van der Waals surface area contributed by atoms with Crippen molar-refractivity contribution in [2.75, 3.05) is 0 Å². The lowest BCUT2D eigenvalue weighted by atomic mass is 9.56. The van der Waals surface area contributed by atoms with Gasteiger partial charge in [0, 0.05) is 10.8 Å². The summed E-state index contributed by atoms with van der Waals surface area (Å²) in [6.07, 6.45) is 14.9. The largest absolute Gasteiger partial charge is 0.119 e. The van der Waals surface area contributed by atoms with Gasteiger partial charge in [0.25, 0.3) is 0 Å². The van der Waals surface area contributed by atoms with Crippen LogP contribution in [0.25, 0.3) is 0 Å². The Morgan fingerprint density at radius 3 is 2.62 bits per heavy atom. The van der Waals surface area contributed by atoms with E-state index in [0.717, 1.165) is 12.8 Å². The Hall–Kier alpha value is -0.960. The van der Waals surface area contributed by atoms with E-state index in [9.17, 15) is 0 Å². The van der Waals surface area contributed by atoms with Crippen molar-refractivity contribution in [2.45, 2.75) is 47.5 Å². The van der Waals surface area contributed by atoms with Crippen molar-refractivity contribution in [2.24, 2.45) is 16.7 Å². The maximum Gasteiger partial charge on any atom is 0.0377 e. The first-order valence-corrected chi connectivity index (χ1v) is 6.25. The molecular weight excluding hydrogens is 192 g/mol. The van der Waals surface area contributed by atoms with Crippen LogP contribution in [-0.2, 0) is 0 Å². The molecule has 1 aliphatic rings. The number of allylic oxidation sites excluding steroid dienone is 4. The molecule has 0 aromatic carbocycles. The second-order valence-corrected chi connectivity index (χ2v) is 5.54. The molecule has 0 aromatic heterocycles. The molecule has 0 nitrogen and oxygen atoms in total. The predicted octanol–water partition coefficient (Wildman–Crippen LogP) is 4.58. The van der Waals surface area contributed by atoms with Crippen molar-refractivity contribution in [1.29, 1.82) is 0 Å². The lowest BCUT2D eigenvalue weighted by Gasteiger charge is -2.46. The van der Waals surface area contributed by atoms with E-state index in [0.29, 0.717) is 5.92 Å². The van der Waals surface area contributed by atoms with Gasteiger partial charge in [0.1, 0.15) is 0 Å². The third-order valence-corrected chi connectivity index (χ3v) is 4.41. The SMILES string of the molecule is C#CC(C)(CCC)C1(C)C=CC(C)=CC1C. The second-order valence-electron chi connectivity index (χ2n) is 5.54. The average molecular weight is 216 g/mol. The van der Waals surface area contributed by atoms with Gasteiger partial charge in [-0.3, -0.25) is 0 Å². The molecule has 0 bridgehead atoms. The predicted molar refractivity (Wildman–Crippen MR) is 72.0 cm³/mol. The first-order valence-electron chi connectivity index (χ1n) is 6.25. The lowest BCUT2D eigenvalue weighted by molar-refractivity contribution is 0.129. The summed E-state index contributed by atoms with van der Waals surface area (Å²) in [5, 5.41) is 0. The highest BCUT2D eigenvalue weighted by molar-refractivity contribution is 5.31. The molecule has 16 heavy (non-hydrogen) atoms. The van der Waals surface area contributed by atoms with Gasteiger partial charge in [-0.05, 0) is 26.2 Å². The molecule has 0 radical (unpaired) electrons. The Kier molecular flexibility index (Phi) is 3.68. The zero-order valence-electron chi connectivity index (χ0n) is 11.3. The highest BCUT2D eigenvalue weighted by atomic mass is 14.5. The van der Waals surface area contributed by atoms with E-state index in [1.807, 2.05) is 0 Å². The van der Waals surface area contributed by atoms with E-state index in [1.54, 1.807) is 0 Å². The monoisotopic (exact) mass is 216 g/mol. The molecule has 88 valence electrons. The standard InChI is InChI=1S/C16H24/c1-7-10-15(5,8-2)16(6)11-9-13(3)12-14(16)4/h2,9,11-12,14H,7,10H2,1,3-6H3. The zero-order valence-corrected chi connectivity index (χ0v) is 11.3. The Morgan fingerprint density at radius 2 is 2.19 bits per heavy atom. The lowest BCUT2D eigenvalue weighted by Crippen LogP contribution is -2.40. The smallest absolute Gasteiger partial charge is 0.0377 e. The van der Waals surface area contributed by atoms with E-state index in [-0.39, 0.29) is 10.8 Å². The topological polar surface area (TPSA) is 0 Å². The molecule has 1 aliphatic carbocycles. The molecule has 0 saturated heterocycles. The molecule has 0 spiro atoms. The second kappa shape index (κ2) is 4.50. The minimum absolute atomic E-state index is 0.0468. The number of hydrogen-bond donors (Lipinski definition) is 0. The fourth-order valence-corrected chi connectivity index (χ4v) is 2.76. The van der Waals surface area contributed by atoms with E-state index < -0.39 is 0 Å². The van der Waals surface area contributed by atoms with Crippen LogP contribution in [0, 0.1) is 29.1 Å². The van der Waals surface area contributed by atoms with Crippen LogP contribution in [-0.4, -0.2) is 0 Å². The molecule has 0 N–H and O–H groups in total. The minimum Gasteiger partial charge on any atom is -0.119 e. The fraction of sp³-hybridized carbons (Fsp3) is 0.625. The van der Waals surface area contributed by atoms with Crippen LogP contribution in [0.2, 0.25) is 0 Å². The Balaban J connectivity index is 3.11. The summed E-state index contributed by atoms with van der Waals surface area (Å²) < 4.78 is 0. The van der Waals surface area contributed by atoms with Crippen LogP contribution in [0.4, 0.5) is 0 Å². The van der Waals surface area contributed by atoms with Crippen molar-refractivity contribution < 1.29 is 0 Å². The van der Waals surface area contributed by atoms with Gasteiger partial charge in [0.15, 0.2) is 0 Å². The number of hydrogen-bond acceptors (Lipinski definition) is 0. The molecule has 3 unspecified atom stereocenters. The van der Waals surface area contributed by atoms with Gasteiger partial charge in [0.2, 0.25) is 0 Å². The maximum atomic E-state index is 5.80. The third kappa shape index (κ3) is 1.96. The summed E-state index contributed by atoms with van der Waals surface area (Å²) in [5.74, 6) is 3.56. The van der Waals surface area contributed by atoms with Gasteiger partial charge in [0.05, 0.1) is 0 Å². The molecule has 0 heterocycles. The summed E-state index contributed by atoms with van der Waals surface area (Å²) in [5.41, 5.74) is 1.38. The first kappa shape index (κ1) is 13.1. The molecule has 0 aliphatic heterocycles. The van der Waals surface area contributed by atoms with Crippen molar-refractivity contribution in [3.63, 3.8) is 0 Å². The van der Waals surface area contributed by atoms with Gasteiger partial charge in [-0.15, -0.1) is 6.42 Å². The summed E-state index contributed by atoms with van der Waals surface area (Å²) in [6, 6.07) is 0. The summed E-state index contributed by atoms with van der Waals surface area (Å²) in [7, 11) is 0. The molecular formula is C16H24. The maximum absolute atomic E-state index is 5.80. The highest BCUT2D eigenvalue weighted by Crippen LogP contribution is 2.51. The van der Waals surface area contributed by atoms with E-state index in [1.165, 1.54) is 5.57 Å². The number of terminal acetylenes is 1. The van der Waals surface area contributed by atoms with Gasteiger partial charge in [-0.2, -0.15) is 0 Å². The molecule has 3 atom stereocenters. The van der Waals surface area contributed by atoms with Gasteiger partial charge >= 0.3 is 0 Å². The molecule has 0 heteroatoms. The van der Waals surface area contributed by atoms with Crippen molar-refractivity contribution in [1.82, 2.24) is 0 Å². The Labute approximate surface area is 101 Å². The quantitative estimate of drug-likeness (QED) is 0.606. The van der Waals surface area contributed by atoms with Crippen LogP contribution in [0.5, 0.6) is 0 Å². The van der Waals surface area contributed by atoms with Crippen LogP contribution in [0.3, 0.4) is 0 Å². The molecule has 0 amide bonds. The minimum atomic E-state index is -0.0468. The Bertz CT molecular complexity index is 353. The third-order valence-electron chi connectivity index (χ3n) is 4.41. The van der Waals surface area contributed by atoms with Crippen LogP contribution in [0.15, 0.2) is 23.8 Å². The number of rotatable bonds is 3. The van der Waals surface area contributed by atoms with Crippen molar-refractivity contribution in [3.05, 3.63) is 23.8 Å². The van der Waals surface area contributed by atoms with Gasteiger partial charge < -0.3 is 0 Å². The summed E-state index contributed by atoms with van der Waals surface area (Å²) in [6.45, 7) is 11.2. The summed E-state index contributed by atoms with van der Waals surface area (Å²) >= 11 is 0. The molecule has 0 saturated carbocycles. The average Bonchev–Trinajstić information content (AvgIpc) is 2.24. The normalized spacial score (nSPS) is 32.8. The molecule has 0 fully saturated rings. The van der Waals surface area contributed by atoms with Gasteiger partial charge in [-0.25, -0.2) is 0 Å². The van der Waals surface area contributed by atoms with Crippen LogP contribution >= 0.6 is 0 Å². The Morgan fingerprint density at radius 1 is 1.56 bits per heavy atom. The summed E-state index contributed by atoms with van der Waals surface area (Å²) in [4.78, 5) is 0. The van der Waals surface area contributed by atoms with Gasteiger partial charge in [-0.1, -0.05) is 56.9 Å². The van der Waals surface area contributed by atoms with Crippen LogP contribution < -0.4 is 0 Å². The molecule has 0 aromatic rings. The van der Waals surface area contributed by atoms with Crippen molar-refractivity contribution >= 4 is 0 Å². The zero-order chi connectivity index (χ0) is 12.4. The van der Waals surface area contributed by atoms with Crippen LogP contribution in [0.1, 0.15) is 47.5 Å². The van der Waals surface area contributed by atoms with Crippen molar-refractivity contribution in [3.8, 4) is 12.3 Å². The fourth-order valence-electron chi connectivity index (χ4n) is 2.76. The highest BCUT2D eigenvalue weighted by Gasteiger charge is 2.44. The first-order chi connectivity index (χ1) is 7.39.